The Morgan fingerprint density at radius 3 is 1.76 bits per heavy atom. The number of nitrogens with zero attached hydrogens (tertiary/aromatic N) is 2. The zero-order chi connectivity index (χ0) is 36.4. The minimum Gasteiger partial charge on any atom is -0.464 e. The van der Waals surface area contributed by atoms with Crippen molar-refractivity contribution in [1.29, 1.82) is 0 Å². The molecule has 0 spiro atoms. The van der Waals surface area contributed by atoms with Gasteiger partial charge in [-0.1, -0.05) is 36.4 Å². The summed E-state index contributed by atoms with van der Waals surface area (Å²) >= 11 is -2.09. The van der Waals surface area contributed by atoms with Gasteiger partial charge in [-0.05, 0) is 36.8 Å². The van der Waals surface area contributed by atoms with E-state index in [1.807, 2.05) is 0 Å². The van der Waals surface area contributed by atoms with Crippen molar-refractivity contribution in [1.82, 2.24) is 0 Å². The highest BCUT2D eigenvalue weighted by atomic mass is 32.2. The molecule has 7 rings (SSSR count). The molecule has 5 unspecified atom stereocenters. The molecule has 51 heavy (non-hydrogen) atoms. The fourth-order valence-corrected chi connectivity index (χ4v) is 8.35. The van der Waals surface area contributed by atoms with Crippen molar-refractivity contribution in [2.24, 2.45) is 0 Å². The highest BCUT2D eigenvalue weighted by Gasteiger charge is 2.65. The largest absolute Gasteiger partial charge is 0.464 e. The number of amides is 2. The van der Waals surface area contributed by atoms with Gasteiger partial charge in [0.15, 0.2) is 11.1 Å². The summed E-state index contributed by atoms with van der Waals surface area (Å²) in [5, 5.41) is 0. The molecule has 0 aromatic heterocycles. The molecule has 0 aliphatic carbocycles. The molecule has 3 aromatic rings. The maximum atomic E-state index is 14.5. The Balaban J connectivity index is 1.31. The molecule has 0 N–H and O–H groups in total. The highest BCUT2D eigenvalue weighted by Crippen LogP contribution is 2.59. The van der Waals surface area contributed by atoms with Crippen LogP contribution in [-0.2, 0) is 64.5 Å². The molecule has 15 heteroatoms. The Labute approximate surface area is 294 Å². The van der Waals surface area contributed by atoms with Gasteiger partial charge < -0.3 is 28.7 Å². The fraction of sp³-hybridized carbons (Fsp3) is 0.333. The molecule has 5 atom stereocenters. The summed E-state index contributed by atoms with van der Waals surface area (Å²) in [6.45, 7) is 3.90. The summed E-state index contributed by atoms with van der Waals surface area (Å²) in [4.78, 5) is 82.1. The average molecular weight is 717 g/mol. The maximum Gasteiger partial charge on any atom is 0.322 e. The average Bonchev–Trinajstić information content (AvgIpc) is 3.72. The van der Waals surface area contributed by atoms with Gasteiger partial charge in [-0.25, -0.2) is 4.21 Å². The molecule has 2 amide bonds. The second-order valence-corrected chi connectivity index (χ2v) is 13.7. The van der Waals surface area contributed by atoms with Gasteiger partial charge in [0, 0.05) is 42.5 Å². The van der Waals surface area contributed by atoms with Gasteiger partial charge in [0.05, 0.1) is 24.2 Å². The Morgan fingerprint density at radius 1 is 0.745 bits per heavy atom. The van der Waals surface area contributed by atoms with Gasteiger partial charge in [0.2, 0.25) is 11.5 Å². The van der Waals surface area contributed by atoms with Crippen LogP contribution in [0.3, 0.4) is 0 Å². The smallest absolute Gasteiger partial charge is 0.322 e. The summed E-state index contributed by atoms with van der Waals surface area (Å²) < 4.78 is 40.5. The molecule has 0 fully saturated rings. The minimum atomic E-state index is -2.17. The van der Waals surface area contributed by atoms with Crippen LogP contribution in [0.2, 0.25) is 0 Å². The third-order valence-electron chi connectivity index (χ3n) is 9.73. The quantitative estimate of drug-likeness (QED) is 0.222. The lowest BCUT2D eigenvalue weighted by Gasteiger charge is -2.31. The highest BCUT2D eigenvalue weighted by molar-refractivity contribution is 7.79. The van der Waals surface area contributed by atoms with Gasteiger partial charge in [0.25, 0.3) is 5.91 Å². The van der Waals surface area contributed by atoms with Crippen LogP contribution < -0.4 is 19.3 Å². The molecule has 4 heterocycles. The first-order valence-corrected chi connectivity index (χ1v) is 17.5. The van der Waals surface area contributed by atoms with Gasteiger partial charge in [-0.3, -0.25) is 33.0 Å². The van der Waals surface area contributed by atoms with Gasteiger partial charge in [-0.15, -0.1) is 0 Å². The van der Waals surface area contributed by atoms with Crippen LogP contribution in [0.4, 0.5) is 11.4 Å². The fourth-order valence-electron chi connectivity index (χ4n) is 7.72. The number of anilines is 2. The summed E-state index contributed by atoms with van der Waals surface area (Å²) in [5.41, 5.74) is -1.48. The van der Waals surface area contributed by atoms with Gasteiger partial charge in [-0.2, -0.15) is 0 Å². The van der Waals surface area contributed by atoms with Crippen LogP contribution in [0.1, 0.15) is 54.9 Å². The van der Waals surface area contributed by atoms with Crippen molar-refractivity contribution < 1.29 is 56.1 Å². The number of ether oxygens (including phenoxy) is 4. The predicted molar refractivity (Wildman–Crippen MR) is 178 cm³/mol. The number of benzene rings is 3. The first-order valence-electron chi connectivity index (χ1n) is 16.0. The van der Waals surface area contributed by atoms with Crippen molar-refractivity contribution in [3.63, 3.8) is 0 Å². The van der Waals surface area contributed by atoms with Crippen molar-refractivity contribution in [2.45, 2.75) is 43.6 Å². The van der Waals surface area contributed by atoms with Gasteiger partial charge in [0.1, 0.15) is 36.5 Å². The Kier molecular flexibility index (Phi) is 8.29. The zero-order valence-electron chi connectivity index (χ0n) is 28.0. The van der Waals surface area contributed by atoms with E-state index in [1.54, 1.807) is 55.5 Å². The summed E-state index contributed by atoms with van der Waals surface area (Å²) in [6, 6.07) is 16.4. The molecule has 0 saturated heterocycles. The summed E-state index contributed by atoms with van der Waals surface area (Å²) in [7, 11) is 0. The second kappa shape index (κ2) is 12.4. The number of hydrogen-bond donors (Lipinski definition) is 0. The molecular formula is C36H32N2O12S. The Hall–Kier alpha value is -5.41. The van der Waals surface area contributed by atoms with E-state index < -0.39 is 69.6 Å². The third-order valence-corrected chi connectivity index (χ3v) is 10.2. The number of hydrogen-bond acceptors (Lipinski definition) is 12. The van der Waals surface area contributed by atoms with Crippen LogP contribution in [0, 0.1) is 0 Å². The van der Waals surface area contributed by atoms with Crippen LogP contribution in [0.5, 0.6) is 11.5 Å². The number of fused-ring (bicyclic) bond motifs is 4. The number of para-hydroxylation sites is 2. The number of carbonyl (C=O) groups excluding carboxylic acids is 6. The Morgan fingerprint density at radius 2 is 1.22 bits per heavy atom. The van der Waals surface area contributed by atoms with E-state index in [9.17, 15) is 33.0 Å². The van der Waals surface area contributed by atoms with Crippen molar-refractivity contribution >= 4 is 58.1 Å². The summed E-state index contributed by atoms with van der Waals surface area (Å²) in [5.74, 6) is -6.39. The van der Waals surface area contributed by atoms with Crippen LogP contribution in [0.15, 0.2) is 60.7 Å². The van der Waals surface area contributed by atoms with E-state index in [2.05, 4.69) is 0 Å². The molecule has 4 aliphatic rings. The van der Waals surface area contributed by atoms with Crippen molar-refractivity contribution in [3.05, 3.63) is 82.9 Å². The Bertz CT molecular complexity index is 2080. The molecule has 0 radical (unpaired) electrons. The normalized spacial score (nSPS) is 24.8. The number of carbonyl (C=O) groups is 6. The molecule has 0 saturated carbocycles. The van der Waals surface area contributed by atoms with E-state index in [4.69, 9.17) is 23.1 Å². The third kappa shape index (κ3) is 5.13. The number of esters is 4. The molecule has 3 aromatic carbocycles. The monoisotopic (exact) mass is 716 g/mol. The van der Waals surface area contributed by atoms with E-state index in [0.717, 1.165) is 0 Å². The maximum absolute atomic E-state index is 14.5. The predicted octanol–water partition coefficient (Wildman–Crippen LogP) is 2.67. The molecule has 264 valence electrons. The zero-order valence-corrected chi connectivity index (χ0v) is 28.8. The van der Waals surface area contributed by atoms with Crippen molar-refractivity contribution in [3.8, 4) is 11.5 Å². The standard InChI is InChI=1S/C36H32N2O12S/c1-19(39)46-15-13-37-25-11-7-5-9-23(25)35(3,33(37)43)29-21-17-28-22(18-27(21)48-31(29)41)30(32(42)49-28)36(50-51(4)45)24-10-6-8-12-26(24)38(34(36)44)14-16-47-20(2)40/h5-12,17-18,29-30H,13-16H2,1-4H3. The van der Waals surface area contributed by atoms with Crippen LogP contribution in [-0.4, -0.2) is 72.5 Å². The van der Waals surface area contributed by atoms with Crippen LogP contribution in [0.25, 0.3) is 0 Å². The van der Waals surface area contributed by atoms with E-state index >= 15 is 0 Å². The van der Waals surface area contributed by atoms with Crippen molar-refractivity contribution in [2.75, 3.05) is 42.4 Å². The first-order chi connectivity index (χ1) is 24.3. The summed E-state index contributed by atoms with van der Waals surface area (Å²) in [6.07, 6.45) is 1.22. The number of rotatable bonds is 10. The lowest BCUT2D eigenvalue weighted by molar-refractivity contribution is -0.147. The molecule has 14 nitrogen and oxygen atoms in total. The lowest BCUT2D eigenvalue weighted by atomic mass is 9.69. The van der Waals surface area contributed by atoms with E-state index in [1.165, 1.54) is 42.0 Å². The molecular weight excluding hydrogens is 684 g/mol. The molecule has 4 aliphatic heterocycles. The lowest BCUT2D eigenvalue weighted by Crippen LogP contribution is -2.49. The molecule has 0 bridgehead atoms. The minimum absolute atomic E-state index is 0.00889. The first kappa shape index (κ1) is 34.1. The van der Waals surface area contributed by atoms with Crippen LogP contribution >= 0.6 is 0 Å². The van der Waals surface area contributed by atoms with E-state index in [0.29, 0.717) is 16.9 Å². The van der Waals surface area contributed by atoms with E-state index in [-0.39, 0.29) is 54.5 Å². The van der Waals surface area contributed by atoms with Gasteiger partial charge >= 0.3 is 23.9 Å². The topological polar surface area (TPSA) is 172 Å². The SMILES string of the molecule is CC(=O)OCCN1C(=O)C(C)(C2C(=O)Oc3cc4c(cc32)OC(=O)C4C2(OS(C)=O)C(=O)N(CCOC(C)=O)c3ccccc32)c2ccccc21. The second-order valence-electron chi connectivity index (χ2n) is 12.7.